The second-order valence-corrected chi connectivity index (χ2v) is 7.13. The number of hydrogen-bond donors (Lipinski definition) is 2. The summed E-state index contributed by atoms with van der Waals surface area (Å²) < 4.78 is 25.0. The maximum Gasteiger partial charge on any atom is 0.232 e. The third-order valence-electron chi connectivity index (χ3n) is 3.45. The van der Waals surface area contributed by atoms with Gasteiger partial charge >= 0.3 is 0 Å². The van der Waals surface area contributed by atoms with Crippen LogP contribution < -0.4 is 15.4 Å². The Hall–Kier alpha value is -1.60. The largest absolute Gasteiger partial charge is 0.330 e. The first-order valence-corrected chi connectivity index (χ1v) is 8.87. The van der Waals surface area contributed by atoms with Gasteiger partial charge in [-0.15, -0.1) is 0 Å². The van der Waals surface area contributed by atoms with Crippen LogP contribution >= 0.6 is 0 Å². The van der Waals surface area contributed by atoms with E-state index in [4.69, 9.17) is 5.73 Å². The number of rotatable bonds is 5. The monoisotopic (exact) mass is 311 g/mol. The van der Waals surface area contributed by atoms with Gasteiger partial charge in [0.15, 0.2) is 0 Å². The van der Waals surface area contributed by atoms with Gasteiger partial charge in [0.2, 0.25) is 15.9 Å². The molecule has 21 heavy (non-hydrogen) atoms. The molecule has 0 saturated carbocycles. The fourth-order valence-corrected chi connectivity index (χ4v) is 3.47. The van der Waals surface area contributed by atoms with Crippen molar-refractivity contribution in [2.75, 3.05) is 29.0 Å². The van der Waals surface area contributed by atoms with Crippen LogP contribution in [0.1, 0.15) is 24.8 Å². The lowest BCUT2D eigenvalue weighted by Crippen LogP contribution is -2.34. The smallest absolute Gasteiger partial charge is 0.232 e. The van der Waals surface area contributed by atoms with Crippen LogP contribution in [0, 0.1) is 0 Å². The van der Waals surface area contributed by atoms with E-state index in [1.807, 2.05) is 6.07 Å². The van der Waals surface area contributed by atoms with Crippen molar-refractivity contribution in [3.63, 3.8) is 0 Å². The number of nitrogens with zero attached hydrogens (tertiary/aromatic N) is 1. The Morgan fingerprint density at radius 3 is 2.86 bits per heavy atom. The van der Waals surface area contributed by atoms with Crippen molar-refractivity contribution < 1.29 is 13.2 Å². The van der Waals surface area contributed by atoms with E-state index >= 15 is 0 Å². The maximum atomic E-state index is 11.8. The highest BCUT2D eigenvalue weighted by Crippen LogP contribution is 2.31. The fraction of sp³-hybridized carbons (Fsp3) is 0.500. The normalized spacial score (nSPS) is 14.7. The van der Waals surface area contributed by atoms with Gasteiger partial charge in [-0.1, -0.05) is 0 Å². The molecule has 1 amide bonds. The second-order valence-electron chi connectivity index (χ2n) is 5.22. The van der Waals surface area contributed by atoms with E-state index in [1.54, 1.807) is 12.1 Å². The average Bonchev–Trinajstić information content (AvgIpc) is 2.43. The summed E-state index contributed by atoms with van der Waals surface area (Å²) in [6, 6.07) is 5.35. The lowest BCUT2D eigenvalue weighted by atomic mass is 10.0. The van der Waals surface area contributed by atoms with Gasteiger partial charge in [0.1, 0.15) is 0 Å². The summed E-state index contributed by atoms with van der Waals surface area (Å²) in [5.41, 5.74) is 7.73. The Morgan fingerprint density at radius 2 is 2.19 bits per heavy atom. The molecular formula is C14H21N3O3S. The van der Waals surface area contributed by atoms with Gasteiger partial charge in [0, 0.05) is 18.7 Å². The number of sulfonamides is 1. The molecule has 0 bridgehead atoms. The van der Waals surface area contributed by atoms with Crippen LogP contribution in [0.4, 0.5) is 11.4 Å². The van der Waals surface area contributed by atoms with Crippen molar-refractivity contribution in [2.24, 2.45) is 5.73 Å². The zero-order chi connectivity index (χ0) is 15.5. The third-order valence-corrected chi connectivity index (χ3v) is 4.63. The standard InChI is InChI=1S/C14H21N3O3S/c1-21(19,20)17-9-3-4-11-10-12(6-7-13(11)17)16-14(18)5-2-8-15/h6-7,10H,2-5,8-9,15H2,1H3,(H,16,18). The number of carbonyl (C=O) groups excluding carboxylic acids is 1. The molecule has 0 fully saturated rings. The SMILES string of the molecule is CS(=O)(=O)N1CCCc2cc(NC(=O)CCCN)ccc21. The van der Waals surface area contributed by atoms with E-state index in [9.17, 15) is 13.2 Å². The summed E-state index contributed by atoms with van der Waals surface area (Å²) in [4.78, 5) is 11.7. The fourth-order valence-electron chi connectivity index (χ4n) is 2.47. The Morgan fingerprint density at radius 1 is 1.43 bits per heavy atom. The van der Waals surface area contributed by atoms with Gasteiger partial charge in [-0.2, -0.15) is 0 Å². The maximum absolute atomic E-state index is 11.8. The molecule has 0 spiro atoms. The van der Waals surface area contributed by atoms with Crippen molar-refractivity contribution in [1.29, 1.82) is 0 Å². The van der Waals surface area contributed by atoms with Crippen molar-refractivity contribution in [2.45, 2.75) is 25.7 Å². The number of hydrogen-bond acceptors (Lipinski definition) is 4. The van der Waals surface area contributed by atoms with Crippen molar-refractivity contribution >= 4 is 27.3 Å². The van der Waals surface area contributed by atoms with Gasteiger partial charge in [-0.05, 0) is 49.6 Å². The summed E-state index contributed by atoms with van der Waals surface area (Å²) in [6.07, 6.45) is 3.85. The van der Waals surface area contributed by atoms with E-state index in [1.165, 1.54) is 10.6 Å². The molecule has 0 saturated heterocycles. The molecule has 1 aromatic carbocycles. The minimum Gasteiger partial charge on any atom is -0.330 e. The lowest BCUT2D eigenvalue weighted by molar-refractivity contribution is -0.116. The first kappa shape index (κ1) is 15.8. The Bertz CT molecular complexity index is 628. The number of amides is 1. The molecule has 1 heterocycles. The molecule has 1 aromatic rings. The molecule has 0 aliphatic carbocycles. The molecule has 2 rings (SSSR count). The minimum atomic E-state index is -3.26. The van der Waals surface area contributed by atoms with Gasteiger partial charge in [-0.25, -0.2) is 8.42 Å². The third kappa shape index (κ3) is 3.95. The van der Waals surface area contributed by atoms with E-state index in [2.05, 4.69) is 5.32 Å². The van der Waals surface area contributed by atoms with Gasteiger partial charge < -0.3 is 11.1 Å². The number of anilines is 2. The van der Waals surface area contributed by atoms with Crippen LogP contribution in [0.2, 0.25) is 0 Å². The minimum absolute atomic E-state index is 0.0730. The van der Waals surface area contributed by atoms with Crippen molar-refractivity contribution in [3.05, 3.63) is 23.8 Å². The first-order valence-electron chi connectivity index (χ1n) is 7.02. The molecule has 3 N–H and O–H groups in total. The predicted molar refractivity (Wildman–Crippen MR) is 83.9 cm³/mol. The quantitative estimate of drug-likeness (QED) is 0.851. The summed E-state index contributed by atoms with van der Waals surface area (Å²) >= 11 is 0. The summed E-state index contributed by atoms with van der Waals surface area (Å²) in [5.74, 6) is -0.0730. The highest BCUT2D eigenvalue weighted by atomic mass is 32.2. The van der Waals surface area contributed by atoms with E-state index in [-0.39, 0.29) is 5.91 Å². The molecule has 1 aliphatic heterocycles. The second kappa shape index (κ2) is 6.44. The number of nitrogens with one attached hydrogen (secondary N) is 1. The number of fused-ring (bicyclic) bond motifs is 1. The molecule has 0 aromatic heterocycles. The molecule has 6 nitrogen and oxygen atoms in total. The average molecular weight is 311 g/mol. The van der Waals surface area contributed by atoms with Crippen LogP contribution in [0.15, 0.2) is 18.2 Å². The van der Waals surface area contributed by atoms with E-state index in [0.717, 1.165) is 18.4 Å². The number of carbonyl (C=O) groups is 1. The zero-order valence-corrected chi connectivity index (χ0v) is 12.9. The molecule has 116 valence electrons. The lowest BCUT2D eigenvalue weighted by Gasteiger charge is -2.29. The molecule has 1 aliphatic rings. The molecular weight excluding hydrogens is 290 g/mol. The van der Waals surface area contributed by atoms with Crippen molar-refractivity contribution in [3.8, 4) is 0 Å². The highest BCUT2D eigenvalue weighted by Gasteiger charge is 2.24. The molecule has 0 radical (unpaired) electrons. The molecule has 0 unspecified atom stereocenters. The van der Waals surface area contributed by atoms with Gasteiger partial charge in [0.05, 0.1) is 11.9 Å². The topological polar surface area (TPSA) is 92.5 Å². The Labute approximate surface area is 125 Å². The van der Waals surface area contributed by atoms with Crippen LogP contribution in [0.3, 0.4) is 0 Å². The first-order chi connectivity index (χ1) is 9.91. The predicted octanol–water partition coefficient (Wildman–Crippen LogP) is 1.08. The highest BCUT2D eigenvalue weighted by molar-refractivity contribution is 7.92. The van der Waals surface area contributed by atoms with Crippen LogP contribution in [0.25, 0.3) is 0 Å². The van der Waals surface area contributed by atoms with Crippen LogP contribution in [-0.2, 0) is 21.2 Å². The van der Waals surface area contributed by atoms with Crippen molar-refractivity contribution in [1.82, 2.24) is 0 Å². The molecule has 7 heteroatoms. The van der Waals surface area contributed by atoms with E-state index in [0.29, 0.717) is 37.3 Å². The number of aryl methyl sites for hydroxylation is 1. The summed E-state index contributed by atoms with van der Waals surface area (Å²) in [6.45, 7) is 0.995. The van der Waals surface area contributed by atoms with Gasteiger partial charge in [-0.3, -0.25) is 9.10 Å². The Kier molecular flexibility index (Phi) is 4.84. The van der Waals surface area contributed by atoms with Gasteiger partial charge in [0.25, 0.3) is 0 Å². The summed E-state index contributed by atoms with van der Waals surface area (Å²) in [7, 11) is -3.26. The summed E-state index contributed by atoms with van der Waals surface area (Å²) in [5, 5.41) is 2.82. The molecule has 0 atom stereocenters. The Balaban J connectivity index is 2.18. The number of nitrogens with two attached hydrogens (primary N) is 1. The zero-order valence-electron chi connectivity index (χ0n) is 12.1. The van der Waals surface area contributed by atoms with Crippen LogP contribution in [0.5, 0.6) is 0 Å². The van der Waals surface area contributed by atoms with E-state index < -0.39 is 10.0 Å². The van der Waals surface area contributed by atoms with Crippen LogP contribution in [-0.4, -0.2) is 33.7 Å². The number of benzene rings is 1.